The van der Waals surface area contributed by atoms with Gasteiger partial charge in [-0.15, -0.1) is 11.3 Å². The van der Waals surface area contributed by atoms with Gasteiger partial charge < -0.3 is 4.74 Å². The fraction of sp³-hybridized carbons (Fsp3) is 0.118. The van der Waals surface area contributed by atoms with Gasteiger partial charge in [-0.25, -0.2) is 4.98 Å². The van der Waals surface area contributed by atoms with Gasteiger partial charge in [0.15, 0.2) is 0 Å². The first kappa shape index (κ1) is 14.3. The summed E-state index contributed by atoms with van der Waals surface area (Å²) in [7, 11) is 0. The van der Waals surface area contributed by atoms with Crippen LogP contribution < -0.4 is 4.74 Å². The maximum Gasteiger partial charge on any atom is 0.140 e. The zero-order chi connectivity index (χ0) is 14.7. The average Bonchev–Trinajstić information content (AvgIpc) is 2.88. The van der Waals surface area contributed by atoms with Crippen LogP contribution >= 0.6 is 27.3 Å². The molecule has 0 fully saturated rings. The second kappa shape index (κ2) is 6.41. The number of benzene rings is 2. The van der Waals surface area contributed by atoms with Gasteiger partial charge in [-0.3, -0.25) is 0 Å². The van der Waals surface area contributed by atoms with Crippen molar-refractivity contribution < 1.29 is 4.74 Å². The summed E-state index contributed by atoms with van der Waals surface area (Å²) in [5, 5.41) is 0.988. The molecule has 0 unspecified atom stereocenters. The number of hydrogen-bond acceptors (Lipinski definition) is 3. The lowest BCUT2D eigenvalue weighted by molar-refractivity contribution is 0.305. The van der Waals surface area contributed by atoms with Crippen molar-refractivity contribution in [3.05, 3.63) is 69.0 Å². The van der Waals surface area contributed by atoms with Gasteiger partial charge in [-0.05, 0) is 25.1 Å². The van der Waals surface area contributed by atoms with Crippen molar-refractivity contribution in [3.8, 4) is 17.0 Å². The van der Waals surface area contributed by atoms with E-state index in [4.69, 9.17) is 9.72 Å². The number of thiazole rings is 1. The Morgan fingerprint density at radius 3 is 2.52 bits per heavy atom. The van der Waals surface area contributed by atoms with Gasteiger partial charge >= 0.3 is 0 Å². The molecule has 3 aromatic rings. The largest absolute Gasteiger partial charge is 0.486 e. The van der Waals surface area contributed by atoms with Crippen LogP contribution in [0.4, 0.5) is 0 Å². The van der Waals surface area contributed by atoms with Gasteiger partial charge in [-0.1, -0.05) is 52.3 Å². The van der Waals surface area contributed by atoms with Gasteiger partial charge in [-0.2, -0.15) is 0 Å². The number of rotatable bonds is 4. The second-order valence-electron chi connectivity index (χ2n) is 4.59. The molecule has 0 atom stereocenters. The third-order valence-electron chi connectivity index (χ3n) is 3.08. The summed E-state index contributed by atoms with van der Waals surface area (Å²) in [4.78, 5) is 5.92. The van der Waals surface area contributed by atoms with Crippen molar-refractivity contribution in [2.75, 3.05) is 0 Å². The second-order valence-corrected chi connectivity index (χ2v) is 6.74. The minimum atomic E-state index is 0.500. The van der Waals surface area contributed by atoms with Crippen LogP contribution in [0, 0.1) is 6.92 Å². The standard InChI is InChI=1S/C17H14BrNOS/c1-12-17(14-9-5-6-10-15(14)18)19-16(21-12)11-20-13-7-3-2-4-8-13/h2-10H,11H2,1H3. The highest BCUT2D eigenvalue weighted by Crippen LogP contribution is 2.32. The first-order valence-electron chi connectivity index (χ1n) is 6.63. The number of hydrogen-bond donors (Lipinski definition) is 0. The monoisotopic (exact) mass is 359 g/mol. The first-order chi connectivity index (χ1) is 10.2. The Morgan fingerprint density at radius 1 is 1.05 bits per heavy atom. The van der Waals surface area contributed by atoms with E-state index in [0.717, 1.165) is 26.5 Å². The number of aromatic nitrogens is 1. The Hall–Kier alpha value is -1.65. The highest BCUT2D eigenvalue weighted by Gasteiger charge is 2.12. The fourth-order valence-electron chi connectivity index (χ4n) is 2.08. The highest BCUT2D eigenvalue weighted by atomic mass is 79.9. The molecular formula is C17H14BrNOS. The molecule has 0 aliphatic carbocycles. The molecular weight excluding hydrogens is 346 g/mol. The molecule has 1 heterocycles. The van der Waals surface area contributed by atoms with Crippen LogP contribution in [-0.2, 0) is 6.61 Å². The molecule has 2 aromatic carbocycles. The van der Waals surface area contributed by atoms with Crippen LogP contribution in [-0.4, -0.2) is 4.98 Å². The summed E-state index contributed by atoms with van der Waals surface area (Å²) in [6.07, 6.45) is 0. The Bertz CT molecular complexity index is 740. The lowest BCUT2D eigenvalue weighted by Gasteiger charge is -2.03. The van der Waals surface area contributed by atoms with E-state index < -0.39 is 0 Å². The quantitative estimate of drug-likeness (QED) is 0.616. The molecule has 0 radical (unpaired) electrons. The van der Waals surface area contributed by atoms with Crippen molar-refractivity contribution in [1.82, 2.24) is 4.98 Å². The van der Waals surface area contributed by atoms with Gasteiger partial charge in [0.1, 0.15) is 17.4 Å². The molecule has 2 nitrogen and oxygen atoms in total. The van der Waals surface area contributed by atoms with Crippen molar-refractivity contribution >= 4 is 27.3 Å². The van der Waals surface area contributed by atoms with Crippen LogP contribution in [0.25, 0.3) is 11.3 Å². The van der Waals surface area contributed by atoms with Gasteiger partial charge in [0, 0.05) is 14.9 Å². The molecule has 21 heavy (non-hydrogen) atoms. The van der Waals surface area contributed by atoms with Crippen molar-refractivity contribution in [2.45, 2.75) is 13.5 Å². The molecule has 1 aromatic heterocycles. The summed E-state index contributed by atoms with van der Waals surface area (Å²) < 4.78 is 6.83. The smallest absolute Gasteiger partial charge is 0.140 e. The molecule has 0 N–H and O–H groups in total. The Kier molecular flexibility index (Phi) is 4.36. The summed E-state index contributed by atoms with van der Waals surface area (Å²) >= 11 is 5.27. The molecule has 0 saturated carbocycles. The van der Waals surface area contributed by atoms with E-state index >= 15 is 0 Å². The summed E-state index contributed by atoms with van der Waals surface area (Å²) in [6, 6.07) is 18.0. The topological polar surface area (TPSA) is 22.1 Å². The fourth-order valence-corrected chi connectivity index (χ4v) is 3.41. The number of halogens is 1. The van der Waals surface area contributed by atoms with Crippen molar-refractivity contribution in [3.63, 3.8) is 0 Å². The third kappa shape index (κ3) is 3.34. The predicted molar refractivity (Wildman–Crippen MR) is 90.8 cm³/mol. The lowest BCUT2D eigenvalue weighted by atomic mass is 10.1. The summed E-state index contributed by atoms with van der Waals surface area (Å²) in [5.41, 5.74) is 2.15. The normalized spacial score (nSPS) is 10.6. The van der Waals surface area contributed by atoms with Gasteiger partial charge in [0.25, 0.3) is 0 Å². The maximum absolute atomic E-state index is 5.76. The van der Waals surface area contributed by atoms with E-state index in [1.807, 2.05) is 48.5 Å². The molecule has 0 spiro atoms. The van der Waals surface area contributed by atoms with Crippen LogP contribution in [0.2, 0.25) is 0 Å². The maximum atomic E-state index is 5.76. The average molecular weight is 360 g/mol. The molecule has 0 bridgehead atoms. The number of nitrogens with zero attached hydrogens (tertiary/aromatic N) is 1. The first-order valence-corrected chi connectivity index (χ1v) is 8.24. The summed E-state index contributed by atoms with van der Waals surface area (Å²) in [6.45, 7) is 2.60. The van der Waals surface area contributed by atoms with Gasteiger partial charge in [0.2, 0.25) is 0 Å². The van der Waals surface area contributed by atoms with Crippen LogP contribution in [0.3, 0.4) is 0 Å². The minimum absolute atomic E-state index is 0.500. The highest BCUT2D eigenvalue weighted by molar-refractivity contribution is 9.10. The van der Waals surface area contributed by atoms with Crippen LogP contribution in [0.1, 0.15) is 9.88 Å². The molecule has 0 saturated heterocycles. The van der Waals surface area contributed by atoms with E-state index in [0.29, 0.717) is 6.61 Å². The number of ether oxygens (including phenoxy) is 1. The Morgan fingerprint density at radius 2 is 1.76 bits per heavy atom. The zero-order valence-electron chi connectivity index (χ0n) is 11.5. The van der Waals surface area contributed by atoms with Crippen LogP contribution in [0.5, 0.6) is 5.75 Å². The van der Waals surface area contributed by atoms with E-state index in [2.05, 4.69) is 28.9 Å². The molecule has 0 aliphatic heterocycles. The SMILES string of the molecule is Cc1sc(COc2ccccc2)nc1-c1ccccc1Br. The number of aryl methyl sites for hydroxylation is 1. The van der Waals surface area contributed by atoms with E-state index in [-0.39, 0.29) is 0 Å². The molecule has 4 heteroatoms. The minimum Gasteiger partial charge on any atom is -0.486 e. The van der Waals surface area contributed by atoms with E-state index in [1.165, 1.54) is 4.88 Å². The summed E-state index contributed by atoms with van der Waals surface area (Å²) in [5.74, 6) is 0.868. The molecule has 106 valence electrons. The molecule has 0 amide bonds. The predicted octanol–water partition coefficient (Wildman–Crippen LogP) is 5.46. The zero-order valence-corrected chi connectivity index (χ0v) is 13.9. The Balaban J connectivity index is 1.80. The van der Waals surface area contributed by atoms with Crippen molar-refractivity contribution in [2.24, 2.45) is 0 Å². The van der Waals surface area contributed by atoms with E-state index in [1.54, 1.807) is 11.3 Å². The third-order valence-corrected chi connectivity index (χ3v) is 4.71. The van der Waals surface area contributed by atoms with E-state index in [9.17, 15) is 0 Å². The molecule has 0 aliphatic rings. The lowest BCUT2D eigenvalue weighted by Crippen LogP contribution is -1.94. The van der Waals surface area contributed by atoms with Crippen molar-refractivity contribution in [1.29, 1.82) is 0 Å². The Labute approximate surface area is 136 Å². The van der Waals surface area contributed by atoms with Gasteiger partial charge in [0.05, 0.1) is 5.69 Å². The number of para-hydroxylation sites is 1. The van der Waals surface area contributed by atoms with Crippen LogP contribution in [0.15, 0.2) is 59.1 Å². The molecule has 3 rings (SSSR count).